The molecule has 0 spiro atoms. The summed E-state index contributed by atoms with van der Waals surface area (Å²) in [6.45, 7) is 1.89. The molecule has 0 aliphatic heterocycles. The molecule has 3 nitrogen and oxygen atoms in total. The van der Waals surface area contributed by atoms with E-state index >= 15 is 0 Å². The highest BCUT2D eigenvalue weighted by atomic mass is 32.2. The molecule has 0 saturated heterocycles. The summed E-state index contributed by atoms with van der Waals surface area (Å²) in [6.07, 6.45) is 1.94. The maximum absolute atomic E-state index is 13.6. The van der Waals surface area contributed by atoms with Gasteiger partial charge in [0, 0.05) is 31.5 Å². The Hall–Kier alpha value is -1.30. The van der Waals surface area contributed by atoms with Crippen molar-refractivity contribution in [2.45, 2.75) is 13.0 Å². The summed E-state index contributed by atoms with van der Waals surface area (Å²) in [5.74, 6) is -1.16. The fourth-order valence-corrected chi connectivity index (χ4v) is 2.40. The highest BCUT2D eigenvalue weighted by Gasteiger charge is 2.20. The van der Waals surface area contributed by atoms with Gasteiger partial charge >= 0.3 is 0 Å². The molecule has 0 fully saturated rings. The molecular formula is C13H18F2N2OS. The lowest BCUT2D eigenvalue weighted by atomic mass is 10.1. The van der Waals surface area contributed by atoms with E-state index in [9.17, 15) is 13.6 Å². The molecule has 0 aliphatic rings. The largest absolute Gasteiger partial charge is 0.383 e. The minimum Gasteiger partial charge on any atom is -0.383 e. The van der Waals surface area contributed by atoms with Gasteiger partial charge in [-0.1, -0.05) is 0 Å². The highest BCUT2D eigenvalue weighted by Crippen LogP contribution is 2.21. The van der Waals surface area contributed by atoms with Gasteiger partial charge in [-0.05, 0) is 25.3 Å². The van der Waals surface area contributed by atoms with Crippen molar-refractivity contribution in [3.8, 4) is 0 Å². The number of anilines is 1. The summed E-state index contributed by atoms with van der Waals surface area (Å²) >= 11 is 1.61. The molecule has 0 aliphatic carbocycles. The topological polar surface area (TPSA) is 32.3 Å². The van der Waals surface area contributed by atoms with Gasteiger partial charge in [0.25, 0.3) is 5.91 Å². The number of carbonyl (C=O) groups is 1. The summed E-state index contributed by atoms with van der Waals surface area (Å²) in [4.78, 5) is 13.6. The molecule has 1 amide bonds. The molecule has 106 valence electrons. The number of nitrogens with one attached hydrogen (secondary N) is 1. The van der Waals surface area contributed by atoms with Gasteiger partial charge in [0.15, 0.2) is 0 Å². The van der Waals surface area contributed by atoms with Crippen LogP contribution < -0.4 is 5.32 Å². The van der Waals surface area contributed by atoms with Crippen molar-refractivity contribution in [2.24, 2.45) is 0 Å². The molecule has 1 aromatic rings. The third kappa shape index (κ3) is 3.59. The molecule has 6 heteroatoms. The predicted octanol–water partition coefficient (Wildman–Crippen LogP) is 2.83. The van der Waals surface area contributed by atoms with Crippen LogP contribution in [0.2, 0.25) is 0 Å². The average molecular weight is 288 g/mol. The number of hydrogen-bond donors (Lipinski definition) is 1. The summed E-state index contributed by atoms with van der Waals surface area (Å²) in [6, 6.07) is 2.11. The Morgan fingerprint density at radius 2 is 1.95 bits per heavy atom. The van der Waals surface area contributed by atoms with E-state index < -0.39 is 11.6 Å². The van der Waals surface area contributed by atoms with Crippen LogP contribution in [0.1, 0.15) is 17.3 Å². The zero-order chi connectivity index (χ0) is 14.6. The Morgan fingerprint density at radius 3 is 2.37 bits per heavy atom. The molecule has 19 heavy (non-hydrogen) atoms. The number of carbonyl (C=O) groups excluding carboxylic acids is 1. The maximum atomic E-state index is 13.6. The Morgan fingerprint density at radius 1 is 1.42 bits per heavy atom. The van der Waals surface area contributed by atoms with Gasteiger partial charge in [0.05, 0.1) is 0 Å². The molecule has 0 bridgehead atoms. The zero-order valence-corrected chi connectivity index (χ0v) is 12.3. The average Bonchev–Trinajstić information content (AvgIpc) is 2.36. The van der Waals surface area contributed by atoms with E-state index in [4.69, 9.17) is 0 Å². The van der Waals surface area contributed by atoms with Gasteiger partial charge in [0.1, 0.15) is 17.3 Å². The summed E-state index contributed by atoms with van der Waals surface area (Å²) in [5.41, 5.74) is -0.208. The molecule has 0 aromatic heterocycles. The van der Waals surface area contributed by atoms with Crippen LogP contribution in [0.5, 0.6) is 0 Å². The van der Waals surface area contributed by atoms with Crippen LogP contribution in [-0.2, 0) is 0 Å². The number of nitrogens with zero attached hydrogens (tertiary/aromatic N) is 1. The lowest BCUT2D eigenvalue weighted by Crippen LogP contribution is -2.36. The van der Waals surface area contributed by atoms with Gasteiger partial charge in [-0.25, -0.2) is 8.78 Å². The van der Waals surface area contributed by atoms with E-state index in [-0.39, 0.29) is 23.2 Å². The van der Waals surface area contributed by atoms with E-state index in [1.165, 1.54) is 11.9 Å². The molecule has 1 rings (SSSR count). The van der Waals surface area contributed by atoms with Crippen molar-refractivity contribution in [1.29, 1.82) is 0 Å². The monoisotopic (exact) mass is 288 g/mol. The fourth-order valence-electron chi connectivity index (χ4n) is 1.69. The van der Waals surface area contributed by atoms with E-state index in [0.717, 1.165) is 17.9 Å². The minimum atomic E-state index is -0.767. The Balaban J connectivity index is 3.00. The van der Waals surface area contributed by atoms with Crippen LogP contribution in [0.3, 0.4) is 0 Å². The number of benzene rings is 1. The third-order valence-electron chi connectivity index (χ3n) is 2.93. The van der Waals surface area contributed by atoms with Gasteiger partial charge in [-0.3, -0.25) is 4.79 Å². The standard InChI is InChI=1S/C13H18F2N2OS/c1-8(7-19-4)17(3)13(18)9-5-10(14)12(16-2)11(15)6-9/h5-6,8,16H,7H2,1-4H3. The lowest BCUT2D eigenvalue weighted by Gasteiger charge is -2.24. The maximum Gasteiger partial charge on any atom is 0.254 e. The van der Waals surface area contributed by atoms with E-state index in [2.05, 4.69) is 5.32 Å². The normalized spacial score (nSPS) is 12.1. The highest BCUT2D eigenvalue weighted by molar-refractivity contribution is 7.98. The zero-order valence-electron chi connectivity index (χ0n) is 11.5. The van der Waals surface area contributed by atoms with Gasteiger partial charge in [-0.2, -0.15) is 11.8 Å². The van der Waals surface area contributed by atoms with Crippen LogP contribution in [0.15, 0.2) is 12.1 Å². The SMILES string of the molecule is CNc1c(F)cc(C(=O)N(C)C(C)CSC)cc1F. The molecule has 1 atom stereocenters. The first-order valence-corrected chi connectivity index (χ1v) is 7.24. The van der Waals surface area contributed by atoms with Crippen molar-refractivity contribution in [3.63, 3.8) is 0 Å². The summed E-state index contributed by atoms with van der Waals surface area (Å²) in [5, 5.41) is 2.42. The van der Waals surface area contributed by atoms with Crippen molar-refractivity contribution in [2.75, 3.05) is 31.4 Å². The van der Waals surface area contributed by atoms with Crippen molar-refractivity contribution < 1.29 is 13.6 Å². The Kier molecular flexibility index (Phi) is 5.60. The first-order chi connectivity index (χ1) is 8.92. The van der Waals surface area contributed by atoms with Crippen molar-refractivity contribution >= 4 is 23.4 Å². The molecule has 1 aromatic carbocycles. The molecule has 0 radical (unpaired) electrons. The van der Waals surface area contributed by atoms with Crippen LogP contribution in [0, 0.1) is 11.6 Å². The number of hydrogen-bond acceptors (Lipinski definition) is 3. The Bertz CT molecular complexity index is 445. The number of halogens is 2. The second kappa shape index (κ2) is 6.75. The summed E-state index contributed by atoms with van der Waals surface area (Å²) < 4.78 is 27.2. The minimum absolute atomic E-state index is 0.00222. The van der Waals surface area contributed by atoms with Crippen LogP contribution in [0.25, 0.3) is 0 Å². The number of thioether (sulfide) groups is 1. The molecule has 0 heterocycles. The molecule has 1 N–H and O–H groups in total. The van der Waals surface area contributed by atoms with Gasteiger partial charge < -0.3 is 10.2 Å². The lowest BCUT2D eigenvalue weighted by molar-refractivity contribution is 0.0756. The second-order valence-corrected chi connectivity index (χ2v) is 5.20. The molecule has 0 saturated carbocycles. The van der Waals surface area contributed by atoms with E-state index in [1.807, 2.05) is 13.2 Å². The van der Waals surface area contributed by atoms with Crippen molar-refractivity contribution in [3.05, 3.63) is 29.3 Å². The summed E-state index contributed by atoms with van der Waals surface area (Å²) in [7, 11) is 3.06. The van der Waals surface area contributed by atoms with Crippen LogP contribution in [0.4, 0.5) is 14.5 Å². The smallest absolute Gasteiger partial charge is 0.254 e. The Labute approximate surface area is 116 Å². The molecular weight excluding hydrogens is 270 g/mol. The van der Waals surface area contributed by atoms with Gasteiger partial charge in [0.2, 0.25) is 0 Å². The molecule has 1 unspecified atom stereocenters. The first kappa shape index (κ1) is 15.8. The van der Waals surface area contributed by atoms with Crippen LogP contribution >= 0.6 is 11.8 Å². The number of rotatable bonds is 5. The second-order valence-electron chi connectivity index (χ2n) is 4.29. The predicted molar refractivity (Wildman–Crippen MR) is 75.8 cm³/mol. The van der Waals surface area contributed by atoms with Gasteiger partial charge in [-0.15, -0.1) is 0 Å². The fraction of sp³-hybridized carbons (Fsp3) is 0.462. The van der Waals surface area contributed by atoms with E-state index in [0.29, 0.717) is 0 Å². The quantitative estimate of drug-likeness (QED) is 0.904. The first-order valence-electron chi connectivity index (χ1n) is 5.85. The third-order valence-corrected chi connectivity index (χ3v) is 3.74. The number of amides is 1. The van der Waals surface area contributed by atoms with E-state index in [1.54, 1.807) is 18.8 Å². The van der Waals surface area contributed by atoms with Crippen LogP contribution in [-0.4, -0.2) is 43.0 Å². The van der Waals surface area contributed by atoms with Crippen molar-refractivity contribution in [1.82, 2.24) is 4.90 Å².